The van der Waals surface area contributed by atoms with Gasteiger partial charge in [0.25, 0.3) is 0 Å². The van der Waals surface area contributed by atoms with Gasteiger partial charge in [-0.05, 0) is 0 Å². The van der Waals surface area contributed by atoms with Crippen molar-refractivity contribution in [2.24, 2.45) is 5.92 Å². The van der Waals surface area contributed by atoms with Crippen LogP contribution in [0.3, 0.4) is 0 Å². The Morgan fingerprint density at radius 3 is 2.89 bits per heavy atom. The molecule has 9 heavy (non-hydrogen) atoms. The number of aliphatic hydroxyl groups excluding tert-OH is 1. The lowest BCUT2D eigenvalue weighted by Gasteiger charge is -1.96. The molecule has 3 atom stereocenters. The molecule has 0 saturated carbocycles. The van der Waals surface area contributed by atoms with Gasteiger partial charge < -0.3 is 9.84 Å². The maximum absolute atomic E-state index is 8.56. The topological polar surface area (TPSA) is 32.8 Å². The first-order chi connectivity index (χ1) is 4.29. The second-order valence-corrected chi connectivity index (χ2v) is 2.42. The molecular weight excluding hydrogens is 116 g/mol. The predicted octanol–water partition coefficient (Wildman–Crippen LogP) is 0.568. The van der Waals surface area contributed by atoms with Gasteiger partial charge in [0.1, 0.15) is 6.10 Å². The third-order valence-electron chi connectivity index (χ3n) is 1.69. The second kappa shape index (κ2) is 2.50. The van der Waals surface area contributed by atoms with Crippen LogP contribution < -0.4 is 0 Å². The highest BCUT2D eigenvalue weighted by atomic mass is 16.6. The van der Waals surface area contributed by atoms with Crippen LogP contribution >= 0.6 is 0 Å². The Morgan fingerprint density at radius 1 is 1.89 bits per heavy atom. The molecule has 52 valence electrons. The normalized spacial score (nSPS) is 35.8. The molecule has 1 fully saturated rings. The average Bonchev–Trinajstić information content (AvgIpc) is 2.64. The van der Waals surface area contributed by atoms with E-state index >= 15 is 0 Å². The SMILES string of the molecule is C=C[C@@H](C)[C@H]1O[C@H]1CO. The molecule has 0 radical (unpaired) electrons. The van der Waals surface area contributed by atoms with Crippen molar-refractivity contribution in [3.63, 3.8) is 0 Å². The van der Waals surface area contributed by atoms with Crippen molar-refractivity contribution in [2.75, 3.05) is 6.61 Å². The molecule has 0 amide bonds. The molecule has 1 heterocycles. The zero-order valence-corrected chi connectivity index (χ0v) is 5.58. The summed E-state index contributed by atoms with van der Waals surface area (Å²) in [6.07, 6.45) is 2.16. The third kappa shape index (κ3) is 1.32. The van der Waals surface area contributed by atoms with E-state index in [1.165, 1.54) is 0 Å². The smallest absolute Gasteiger partial charge is 0.108 e. The minimum absolute atomic E-state index is 0.0815. The van der Waals surface area contributed by atoms with Gasteiger partial charge in [-0.1, -0.05) is 13.0 Å². The van der Waals surface area contributed by atoms with Crippen molar-refractivity contribution in [1.29, 1.82) is 0 Å². The summed E-state index contributed by atoms with van der Waals surface area (Å²) >= 11 is 0. The van der Waals surface area contributed by atoms with Crippen LogP contribution in [0.4, 0.5) is 0 Å². The van der Waals surface area contributed by atoms with Crippen molar-refractivity contribution in [1.82, 2.24) is 0 Å². The van der Waals surface area contributed by atoms with Crippen molar-refractivity contribution >= 4 is 0 Å². The zero-order chi connectivity index (χ0) is 6.85. The summed E-state index contributed by atoms with van der Waals surface area (Å²) in [6.45, 7) is 5.81. The van der Waals surface area contributed by atoms with Gasteiger partial charge in [-0.25, -0.2) is 0 Å². The van der Waals surface area contributed by atoms with E-state index < -0.39 is 0 Å². The van der Waals surface area contributed by atoms with Crippen LogP contribution in [0.2, 0.25) is 0 Å². The van der Waals surface area contributed by atoms with E-state index in [2.05, 4.69) is 6.58 Å². The minimum Gasteiger partial charge on any atom is -0.394 e. The van der Waals surface area contributed by atoms with Crippen LogP contribution in [-0.2, 0) is 4.74 Å². The van der Waals surface area contributed by atoms with Gasteiger partial charge in [-0.2, -0.15) is 0 Å². The van der Waals surface area contributed by atoms with Crippen LogP contribution in [0, 0.1) is 5.92 Å². The molecule has 0 bridgehead atoms. The quantitative estimate of drug-likeness (QED) is 0.445. The van der Waals surface area contributed by atoms with Crippen LogP contribution in [-0.4, -0.2) is 23.9 Å². The van der Waals surface area contributed by atoms with Gasteiger partial charge in [0.2, 0.25) is 0 Å². The Balaban J connectivity index is 2.24. The summed E-state index contributed by atoms with van der Waals surface area (Å²) in [6, 6.07) is 0. The standard InChI is InChI=1S/C7H12O2/c1-3-5(2)7-6(4-8)9-7/h3,5-8H,1,4H2,2H3/t5-,6+,7-/m1/s1. The Bertz CT molecular complexity index is 111. The van der Waals surface area contributed by atoms with Crippen molar-refractivity contribution in [3.05, 3.63) is 12.7 Å². The number of aliphatic hydroxyl groups is 1. The zero-order valence-electron chi connectivity index (χ0n) is 5.58. The molecule has 0 aliphatic carbocycles. The molecule has 0 aromatic rings. The number of ether oxygens (including phenoxy) is 1. The molecule has 1 N–H and O–H groups in total. The van der Waals surface area contributed by atoms with Gasteiger partial charge in [0.15, 0.2) is 0 Å². The molecule has 1 saturated heterocycles. The van der Waals surface area contributed by atoms with E-state index in [1.54, 1.807) is 0 Å². The van der Waals surface area contributed by atoms with Crippen LogP contribution in [0.5, 0.6) is 0 Å². The molecule has 1 rings (SSSR count). The minimum atomic E-state index is 0.0815. The van der Waals surface area contributed by atoms with E-state index in [9.17, 15) is 0 Å². The predicted molar refractivity (Wildman–Crippen MR) is 35.1 cm³/mol. The molecule has 1 aliphatic heterocycles. The van der Waals surface area contributed by atoms with E-state index in [0.717, 1.165) is 0 Å². The van der Waals surface area contributed by atoms with Crippen LogP contribution in [0.25, 0.3) is 0 Å². The molecule has 0 unspecified atom stereocenters. The van der Waals surface area contributed by atoms with Crippen molar-refractivity contribution < 1.29 is 9.84 Å². The summed E-state index contributed by atoms with van der Waals surface area (Å²) in [7, 11) is 0. The van der Waals surface area contributed by atoms with Gasteiger partial charge >= 0.3 is 0 Å². The Hall–Kier alpha value is -0.340. The Kier molecular flexibility index (Phi) is 1.88. The monoisotopic (exact) mass is 128 g/mol. The number of hydrogen-bond donors (Lipinski definition) is 1. The average molecular weight is 128 g/mol. The fourth-order valence-electron chi connectivity index (χ4n) is 0.900. The first-order valence-corrected chi connectivity index (χ1v) is 3.18. The van der Waals surface area contributed by atoms with Gasteiger partial charge in [-0.15, -0.1) is 6.58 Å². The molecule has 2 heteroatoms. The second-order valence-electron chi connectivity index (χ2n) is 2.42. The van der Waals surface area contributed by atoms with Crippen LogP contribution in [0.15, 0.2) is 12.7 Å². The lowest BCUT2D eigenvalue weighted by Crippen LogP contribution is -2.05. The van der Waals surface area contributed by atoms with Crippen molar-refractivity contribution in [3.8, 4) is 0 Å². The first kappa shape index (κ1) is 6.78. The van der Waals surface area contributed by atoms with Gasteiger partial charge in [0, 0.05) is 5.92 Å². The Labute approximate surface area is 55.1 Å². The number of rotatable bonds is 3. The van der Waals surface area contributed by atoms with Gasteiger partial charge in [0.05, 0.1) is 12.7 Å². The summed E-state index contributed by atoms with van der Waals surface area (Å²) < 4.78 is 5.10. The highest BCUT2D eigenvalue weighted by Gasteiger charge is 2.40. The van der Waals surface area contributed by atoms with E-state index in [-0.39, 0.29) is 18.8 Å². The maximum Gasteiger partial charge on any atom is 0.108 e. The van der Waals surface area contributed by atoms with E-state index in [0.29, 0.717) is 5.92 Å². The summed E-state index contributed by atoms with van der Waals surface area (Å²) in [5.41, 5.74) is 0. The third-order valence-corrected chi connectivity index (χ3v) is 1.69. The molecule has 1 aliphatic rings. The lowest BCUT2D eigenvalue weighted by atomic mass is 10.1. The molecule has 0 spiro atoms. The fourth-order valence-corrected chi connectivity index (χ4v) is 0.900. The van der Waals surface area contributed by atoms with Gasteiger partial charge in [-0.3, -0.25) is 0 Å². The summed E-state index contributed by atoms with van der Waals surface area (Å²) in [4.78, 5) is 0. The first-order valence-electron chi connectivity index (χ1n) is 3.18. The molecular formula is C7H12O2. The molecule has 0 aromatic carbocycles. The maximum atomic E-state index is 8.56. The fraction of sp³-hybridized carbons (Fsp3) is 0.714. The lowest BCUT2D eigenvalue weighted by molar-refractivity contribution is 0.240. The van der Waals surface area contributed by atoms with Crippen molar-refractivity contribution in [2.45, 2.75) is 19.1 Å². The van der Waals surface area contributed by atoms with E-state index in [1.807, 2.05) is 13.0 Å². The number of epoxide rings is 1. The molecule has 2 nitrogen and oxygen atoms in total. The van der Waals surface area contributed by atoms with E-state index in [4.69, 9.17) is 9.84 Å². The summed E-state index contributed by atoms with van der Waals surface area (Å²) in [5.74, 6) is 0.377. The Morgan fingerprint density at radius 2 is 2.56 bits per heavy atom. The highest BCUT2D eigenvalue weighted by Crippen LogP contribution is 2.29. The molecule has 0 aromatic heterocycles. The van der Waals surface area contributed by atoms with Crippen LogP contribution in [0.1, 0.15) is 6.92 Å². The largest absolute Gasteiger partial charge is 0.394 e. The highest BCUT2D eigenvalue weighted by molar-refractivity contribution is 4.95. The number of hydrogen-bond acceptors (Lipinski definition) is 2. The summed E-state index contributed by atoms with van der Waals surface area (Å²) in [5, 5.41) is 8.56.